The Kier molecular flexibility index (Phi) is 3.62. The summed E-state index contributed by atoms with van der Waals surface area (Å²) >= 11 is 7.56. The number of thioether (sulfide) groups is 1. The zero-order chi connectivity index (χ0) is 16.0. The first kappa shape index (κ1) is 15.0. The molecule has 3 heterocycles. The lowest BCUT2D eigenvalue weighted by atomic mass is 10.0. The van der Waals surface area contributed by atoms with Crippen molar-refractivity contribution in [3.63, 3.8) is 0 Å². The Morgan fingerprint density at radius 1 is 1.30 bits per heavy atom. The monoisotopic (exact) mass is 368 g/mol. The summed E-state index contributed by atoms with van der Waals surface area (Å²) in [6, 6.07) is 7.66. The van der Waals surface area contributed by atoms with Gasteiger partial charge in [0.25, 0.3) is 10.0 Å². The summed E-state index contributed by atoms with van der Waals surface area (Å²) in [4.78, 5) is 8.46. The normalized spacial score (nSPS) is 16.7. The van der Waals surface area contributed by atoms with Gasteiger partial charge in [-0.2, -0.15) is 8.42 Å². The molecule has 0 bridgehead atoms. The zero-order valence-corrected chi connectivity index (χ0v) is 14.4. The number of benzene rings is 1. The van der Waals surface area contributed by atoms with Crippen LogP contribution in [0.3, 0.4) is 0 Å². The van der Waals surface area contributed by atoms with Gasteiger partial charge in [0, 0.05) is 24.4 Å². The molecule has 1 aromatic carbocycles. The van der Waals surface area contributed by atoms with Crippen molar-refractivity contribution in [3.05, 3.63) is 40.5 Å². The molecule has 0 aliphatic carbocycles. The number of rotatable bonds is 2. The van der Waals surface area contributed by atoms with Crippen LogP contribution in [-0.4, -0.2) is 36.1 Å². The highest BCUT2D eigenvalue weighted by Gasteiger charge is 2.31. The first-order valence-corrected chi connectivity index (χ1v) is 9.95. The van der Waals surface area contributed by atoms with Gasteiger partial charge in [0.1, 0.15) is 5.84 Å². The highest BCUT2D eigenvalue weighted by atomic mass is 35.5. The van der Waals surface area contributed by atoms with Crippen LogP contribution in [0.1, 0.15) is 11.1 Å². The van der Waals surface area contributed by atoms with E-state index in [9.17, 15) is 8.42 Å². The van der Waals surface area contributed by atoms with Gasteiger partial charge in [-0.05, 0) is 12.0 Å². The Morgan fingerprint density at radius 3 is 3.00 bits per heavy atom. The summed E-state index contributed by atoms with van der Waals surface area (Å²) < 4.78 is 29.8. The molecule has 4 rings (SSSR count). The van der Waals surface area contributed by atoms with Crippen LogP contribution in [0.2, 0.25) is 5.15 Å². The molecule has 9 heteroatoms. The van der Waals surface area contributed by atoms with Gasteiger partial charge in [0.15, 0.2) is 15.3 Å². The minimum atomic E-state index is -3.84. The SMILES string of the molecule is O=S(=O)(NC1=NCCc2ccccc21)c1c(Cl)nc2n1CCS2. The van der Waals surface area contributed by atoms with Gasteiger partial charge in [-0.1, -0.05) is 47.6 Å². The number of imidazole rings is 1. The second-order valence-electron chi connectivity index (χ2n) is 5.23. The Labute approximate surface area is 143 Å². The summed E-state index contributed by atoms with van der Waals surface area (Å²) in [6.45, 7) is 1.14. The van der Waals surface area contributed by atoms with E-state index in [1.807, 2.05) is 24.3 Å². The fourth-order valence-corrected chi connectivity index (χ4v) is 5.59. The Bertz CT molecular complexity index is 921. The molecule has 1 N–H and O–H groups in total. The van der Waals surface area contributed by atoms with E-state index >= 15 is 0 Å². The number of aromatic nitrogens is 2. The highest BCUT2D eigenvalue weighted by Crippen LogP contribution is 2.33. The van der Waals surface area contributed by atoms with Crippen molar-refractivity contribution in [2.45, 2.75) is 23.1 Å². The Balaban J connectivity index is 1.73. The number of fused-ring (bicyclic) bond motifs is 2. The molecule has 23 heavy (non-hydrogen) atoms. The van der Waals surface area contributed by atoms with Gasteiger partial charge in [-0.15, -0.1) is 0 Å². The molecule has 0 radical (unpaired) electrons. The van der Waals surface area contributed by atoms with Crippen LogP contribution in [0.5, 0.6) is 0 Å². The standard InChI is InChI=1S/C14H13ClN4O2S2/c15-11-13(19-7-8-22-14(19)17-11)23(20,21)18-12-10-4-2-1-3-9(10)5-6-16-12/h1-4H,5-8H2,(H,16,18). The van der Waals surface area contributed by atoms with E-state index in [2.05, 4.69) is 14.7 Å². The number of hydrogen-bond acceptors (Lipinski definition) is 5. The molecule has 0 unspecified atom stereocenters. The fraction of sp³-hybridized carbons (Fsp3) is 0.286. The lowest BCUT2D eigenvalue weighted by Crippen LogP contribution is -2.35. The molecule has 6 nitrogen and oxygen atoms in total. The molecule has 0 fully saturated rings. The van der Waals surface area contributed by atoms with Crippen molar-refractivity contribution in [1.29, 1.82) is 0 Å². The number of hydrogen-bond donors (Lipinski definition) is 1. The van der Waals surface area contributed by atoms with E-state index in [4.69, 9.17) is 11.6 Å². The smallest absolute Gasteiger partial charge is 0.281 e. The van der Waals surface area contributed by atoms with E-state index in [-0.39, 0.29) is 10.2 Å². The quantitative estimate of drug-likeness (QED) is 0.878. The van der Waals surface area contributed by atoms with E-state index in [1.54, 1.807) is 4.57 Å². The zero-order valence-electron chi connectivity index (χ0n) is 12.0. The van der Waals surface area contributed by atoms with Crippen molar-refractivity contribution in [1.82, 2.24) is 14.3 Å². The second kappa shape index (κ2) is 5.54. The molecule has 2 aromatic rings. The minimum Gasteiger partial charge on any atom is -0.306 e. The lowest BCUT2D eigenvalue weighted by molar-refractivity contribution is 0.569. The Morgan fingerprint density at radius 2 is 2.13 bits per heavy atom. The molecular weight excluding hydrogens is 356 g/mol. The molecule has 0 amide bonds. The maximum absolute atomic E-state index is 12.8. The maximum Gasteiger partial charge on any atom is 0.281 e. The predicted octanol–water partition coefficient (Wildman–Crippen LogP) is 1.92. The van der Waals surface area contributed by atoms with Gasteiger partial charge in [0.2, 0.25) is 0 Å². The number of amidine groups is 1. The van der Waals surface area contributed by atoms with Crippen molar-refractivity contribution in [2.75, 3.05) is 12.3 Å². The molecule has 0 spiro atoms. The third-order valence-electron chi connectivity index (χ3n) is 3.80. The van der Waals surface area contributed by atoms with Gasteiger partial charge >= 0.3 is 0 Å². The summed E-state index contributed by atoms with van der Waals surface area (Å²) in [6.07, 6.45) is 0.806. The van der Waals surface area contributed by atoms with Gasteiger partial charge in [0.05, 0.1) is 0 Å². The van der Waals surface area contributed by atoms with Crippen LogP contribution in [0.15, 0.2) is 39.4 Å². The second-order valence-corrected chi connectivity index (χ2v) is 8.25. The van der Waals surface area contributed by atoms with Crippen LogP contribution < -0.4 is 4.72 Å². The molecule has 0 saturated heterocycles. The molecule has 0 atom stereocenters. The van der Waals surface area contributed by atoms with Crippen molar-refractivity contribution in [2.24, 2.45) is 4.99 Å². The molecule has 2 aliphatic rings. The van der Waals surface area contributed by atoms with Gasteiger partial charge < -0.3 is 4.57 Å². The van der Waals surface area contributed by atoms with E-state index in [0.29, 0.717) is 24.1 Å². The molecule has 0 saturated carbocycles. The Hall–Kier alpha value is -1.51. The maximum atomic E-state index is 12.8. The third-order valence-corrected chi connectivity index (χ3v) is 6.52. The number of sulfonamides is 1. The van der Waals surface area contributed by atoms with Crippen LogP contribution in [0.25, 0.3) is 0 Å². The van der Waals surface area contributed by atoms with E-state index < -0.39 is 10.0 Å². The van der Waals surface area contributed by atoms with E-state index in [1.165, 1.54) is 11.8 Å². The van der Waals surface area contributed by atoms with Crippen LogP contribution in [-0.2, 0) is 23.0 Å². The van der Waals surface area contributed by atoms with Gasteiger partial charge in [-0.25, -0.2) is 4.98 Å². The molecule has 2 aliphatic heterocycles. The highest BCUT2D eigenvalue weighted by molar-refractivity contribution is 7.99. The first-order valence-electron chi connectivity index (χ1n) is 7.10. The fourth-order valence-electron chi connectivity index (χ4n) is 2.79. The first-order chi connectivity index (χ1) is 11.1. The number of aliphatic imine (C=N–C) groups is 1. The molecular formula is C14H13ClN4O2S2. The number of nitrogens with one attached hydrogen (secondary N) is 1. The number of nitrogens with zero attached hydrogens (tertiary/aromatic N) is 3. The lowest BCUT2D eigenvalue weighted by Gasteiger charge is -2.18. The minimum absolute atomic E-state index is 0.00407. The third kappa shape index (κ3) is 2.54. The van der Waals surface area contributed by atoms with Crippen LogP contribution >= 0.6 is 23.4 Å². The summed E-state index contributed by atoms with van der Waals surface area (Å²) in [5.74, 6) is 1.16. The van der Waals surface area contributed by atoms with Crippen molar-refractivity contribution >= 4 is 39.2 Å². The van der Waals surface area contributed by atoms with Crippen LogP contribution in [0.4, 0.5) is 0 Å². The largest absolute Gasteiger partial charge is 0.306 e. The topological polar surface area (TPSA) is 76.3 Å². The van der Waals surface area contributed by atoms with E-state index in [0.717, 1.165) is 23.3 Å². The number of halogens is 1. The van der Waals surface area contributed by atoms with Crippen LogP contribution in [0, 0.1) is 0 Å². The summed E-state index contributed by atoms with van der Waals surface area (Å²) in [5.41, 5.74) is 1.90. The average molecular weight is 369 g/mol. The van der Waals surface area contributed by atoms with Crippen molar-refractivity contribution < 1.29 is 8.42 Å². The van der Waals surface area contributed by atoms with Crippen molar-refractivity contribution in [3.8, 4) is 0 Å². The molecule has 120 valence electrons. The predicted molar refractivity (Wildman–Crippen MR) is 89.8 cm³/mol. The van der Waals surface area contributed by atoms with Gasteiger partial charge in [-0.3, -0.25) is 9.71 Å². The average Bonchev–Trinajstić information content (AvgIpc) is 3.06. The molecule has 1 aromatic heterocycles. The summed E-state index contributed by atoms with van der Waals surface area (Å²) in [7, 11) is -3.84. The summed E-state index contributed by atoms with van der Waals surface area (Å²) in [5, 5.41) is 0.663.